The molecule has 16 heavy (non-hydrogen) atoms. The third-order valence-corrected chi connectivity index (χ3v) is 2.57. The Kier molecular flexibility index (Phi) is 7.89. The number of piperazine rings is 1. The molecular formula is C11H25FN2O2. The van der Waals surface area contributed by atoms with Crippen molar-refractivity contribution in [2.24, 2.45) is 0 Å². The third kappa shape index (κ3) is 4.79. The van der Waals surface area contributed by atoms with Gasteiger partial charge in [0.05, 0.1) is 6.61 Å². The van der Waals surface area contributed by atoms with E-state index in [1.807, 2.05) is 6.92 Å². The van der Waals surface area contributed by atoms with E-state index in [9.17, 15) is 4.79 Å². The van der Waals surface area contributed by atoms with Crippen LogP contribution in [0.1, 0.15) is 28.2 Å². The van der Waals surface area contributed by atoms with Gasteiger partial charge < -0.3 is 9.64 Å². The molecule has 4 nitrogen and oxygen atoms in total. The van der Waals surface area contributed by atoms with Crippen LogP contribution in [-0.2, 0) is 4.74 Å². The van der Waals surface area contributed by atoms with Gasteiger partial charge in [-0.05, 0) is 20.8 Å². The van der Waals surface area contributed by atoms with Crippen molar-refractivity contribution >= 4 is 6.09 Å². The summed E-state index contributed by atoms with van der Waals surface area (Å²) in [4.78, 5) is 15.5. The van der Waals surface area contributed by atoms with E-state index in [1.165, 1.54) is 0 Å². The maximum atomic E-state index is 11.4. The van der Waals surface area contributed by atoms with Gasteiger partial charge in [0.25, 0.3) is 1.45 Å². The van der Waals surface area contributed by atoms with E-state index in [-0.39, 0.29) is 13.5 Å². The summed E-state index contributed by atoms with van der Waals surface area (Å²) in [6.45, 7) is 10.1. The summed E-state index contributed by atoms with van der Waals surface area (Å²) in [5.41, 5.74) is 0. The second-order valence-corrected chi connectivity index (χ2v) is 3.82. The summed E-state index contributed by atoms with van der Waals surface area (Å²) in [7, 11) is 0. The molecular weight excluding hydrogens is 211 g/mol. The summed E-state index contributed by atoms with van der Waals surface area (Å²) >= 11 is 0. The Morgan fingerprint density at radius 2 is 1.88 bits per heavy atom. The van der Waals surface area contributed by atoms with Gasteiger partial charge in [0.2, 0.25) is 0 Å². The molecule has 1 fully saturated rings. The van der Waals surface area contributed by atoms with E-state index < -0.39 is 0 Å². The number of ether oxygens (including phenoxy) is 1. The molecule has 98 valence electrons. The molecule has 0 saturated carbocycles. The number of carbonyl (C=O) groups excluding carboxylic acids is 1. The number of hydrogen-bond acceptors (Lipinski definition) is 3. The van der Waals surface area contributed by atoms with E-state index in [0.717, 1.165) is 26.2 Å². The van der Waals surface area contributed by atoms with Crippen molar-refractivity contribution in [3.8, 4) is 0 Å². The molecule has 0 N–H and O–H groups in total. The smallest absolute Gasteiger partial charge is 0.409 e. The Bertz CT molecular complexity index is 198. The fraction of sp³-hybridized carbons (Fsp3) is 0.909. The zero-order valence-electron chi connectivity index (χ0n) is 10.7. The van der Waals surface area contributed by atoms with Crippen LogP contribution in [0.25, 0.3) is 0 Å². The van der Waals surface area contributed by atoms with Crippen LogP contribution in [0, 0.1) is 0 Å². The number of rotatable bonds is 2. The summed E-state index contributed by atoms with van der Waals surface area (Å²) in [6.07, 6.45) is -0.170. The SMILES string of the molecule is C.CCOC(=O)N1CCN(C(C)C)CC1.[3H]F. The molecule has 0 atom stereocenters. The summed E-state index contributed by atoms with van der Waals surface area (Å²) < 4.78 is 17.9. The van der Waals surface area contributed by atoms with Crippen LogP contribution >= 0.6 is 0 Å². The van der Waals surface area contributed by atoms with E-state index in [1.54, 1.807) is 4.90 Å². The fourth-order valence-corrected chi connectivity index (χ4v) is 1.64. The molecule has 0 aromatic carbocycles. The van der Waals surface area contributed by atoms with Crippen molar-refractivity contribution in [2.45, 2.75) is 34.2 Å². The van der Waals surface area contributed by atoms with Gasteiger partial charge in [-0.3, -0.25) is 9.62 Å². The monoisotopic (exact) mass is 238 g/mol. The zero-order chi connectivity index (χ0) is 12.6. The van der Waals surface area contributed by atoms with Gasteiger partial charge in [0.15, 0.2) is 0 Å². The maximum absolute atomic E-state index is 11.4. The second kappa shape index (κ2) is 8.33. The van der Waals surface area contributed by atoms with Crippen LogP contribution in [0.3, 0.4) is 0 Å². The van der Waals surface area contributed by atoms with Gasteiger partial charge in [-0.15, -0.1) is 0 Å². The molecule has 0 unspecified atom stereocenters. The van der Waals surface area contributed by atoms with Crippen molar-refractivity contribution in [1.29, 1.82) is 1.45 Å². The van der Waals surface area contributed by atoms with Crippen molar-refractivity contribution < 1.29 is 14.2 Å². The van der Waals surface area contributed by atoms with Crippen LogP contribution in [0.5, 0.6) is 0 Å². The highest BCUT2D eigenvalue weighted by molar-refractivity contribution is 5.67. The highest BCUT2D eigenvalue weighted by Gasteiger charge is 2.22. The molecule has 0 aromatic rings. The van der Waals surface area contributed by atoms with Crippen LogP contribution in [0.2, 0.25) is 0 Å². The number of hydrogen-bond donors (Lipinski definition) is 0. The minimum Gasteiger partial charge on any atom is -0.450 e. The molecule has 0 spiro atoms. The van der Waals surface area contributed by atoms with Gasteiger partial charge in [0, 0.05) is 32.2 Å². The lowest BCUT2D eigenvalue weighted by molar-refractivity contribution is 0.0712. The molecule has 0 aliphatic carbocycles. The van der Waals surface area contributed by atoms with Gasteiger partial charge in [0.1, 0.15) is 0 Å². The van der Waals surface area contributed by atoms with Crippen molar-refractivity contribution in [3.05, 3.63) is 0 Å². The van der Waals surface area contributed by atoms with Crippen LogP contribution in [0.15, 0.2) is 0 Å². The molecule has 0 bridgehead atoms. The van der Waals surface area contributed by atoms with Crippen LogP contribution in [0.4, 0.5) is 9.51 Å². The third-order valence-electron chi connectivity index (χ3n) is 2.57. The first kappa shape index (κ1) is 15.2. The van der Waals surface area contributed by atoms with E-state index >= 15 is 0 Å². The molecule has 1 aliphatic heterocycles. The predicted molar refractivity (Wildman–Crippen MR) is 64.5 cm³/mol. The van der Waals surface area contributed by atoms with E-state index in [4.69, 9.17) is 9.45 Å². The number of amides is 1. The lowest BCUT2D eigenvalue weighted by atomic mass is 10.2. The average Bonchev–Trinajstić information content (AvgIpc) is 2.32. The van der Waals surface area contributed by atoms with Gasteiger partial charge in [-0.1, -0.05) is 7.43 Å². The molecule has 1 amide bonds. The van der Waals surface area contributed by atoms with Crippen LogP contribution in [-0.4, -0.2) is 56.2 Å². The molecule has 1 rings (SSSR count). The van der Waals surface area contributed by atoms with Gasteiger partial charge >= 0.3 is 6.09 Å². The Balaban J connectivity index is 0. The summed E-state index contributed by atoms with van der Waals surface area (Å²) in [6, 6.07) is 0.569. The first-order valence-corrected chi connectivity index (χ1v) is 5.31. The molecule has 1 aliphatic rings. The minimum absolute atomic E-state index is 0. The lowest BCUT2D eigenvalue weighted by Gasteiger charge is -2.36. The predicted octanol–water partition coefficient (Wildman–Crippen LogP) is 1.96. The molecule has 5 heteroatoms. The molecule has 1 saturated heterocycles. The highest BCUT2D eigenvalue weighted by Crippen LogP contribution is 2.06. The average molecular weight is 238 g/mol. The Labute approximate surface area is 99.4 Å². The van der Waals surface area contributed by atoms with Gasteiger partial charge in [-0.2, -0.15) is 0 Å². The lowest BCUT2D eigenvalue weighted by Crippen LogP contribution is -2.50. The summed E-state index contributed by atoms with van der Waals surface area (Å²) in [5, 5.41) is 0. The normalized spacial score (nSPS) is 16.8. The fourth-order valence-electron chi connectivity index (χ4n) is 1.64. The first-order valence-electron chi connectivity index (χ1n) is 5.68. The minimum atomic E-state index is -0.170. The first-order chi connectivity index (χ1) is 7.65. The number of carbonyl (C=O) groups is 1. The van der Waals surface area contributed by atoms with Crippen molar-refractivity contribution in [3.63, 3.8) is 0 Å². The zero-order valence-corrected chi connectivity index (χ0v) is 9.70. The Morgan fingerprint density at radius 3 is 2.25 bits per heavy atom. The number of nitrogens with zero attached hydrogens (tertiary/aromatic N) is 2. The Hall–Kier alpha value is -0.840. The van der Waals surface area contributed by atoms with Crippen LogP contribution < -0.4 is 0 Å². The molecule has 0 radical (unpaired) electrons. The largest absolute Gasteiger partial charge is 0.450 e. The van der Waals surface area contributed by atoms with Gasteiger partial charge in [-0.25, -0.2) is 4.79 Å². The summed E-state index contributed by atoms with van der Waals surface area (Å²) in [5.74, 6) is 0. The number of halogens is 1. The van der Waals surface area contributed by atoms with Crippen molar-refractivity contribution in [1.82, 2.24) is 9.80 Å². The molecule has 0 aromatic heterocycles. The van der Waals surface area contributed by atoms with E-state index in [0.29, 0.717) is 12.6 Å². The highest BCUT2D eigenvalue weighted by atomic mass is 19.0. The van der Waals surface area contributed by atoms with E-state index in [2.05, 4.69) is 20.2 Å². The topological polar surface area (TPSA) is 32.8 Å². The van der Waals surface area contributed by atoms with Crippen molar-refractivity contribution in [2.75, 3.05) is 32.8 Å². The quantitative estimate of drug-likeness (QED) is 0.737. The standard InChI is InChI=1S/C10H20N2O2.CH4.FH/c1-4-14-10(13)12-7-5-11(6-8-12)9(2)3;;/h9H,4-8H2,1-3H3;1H4;1H/i/hT. The molecule has 1 heterocycles. The Morgan fingerprint density at radius 1 is 1.38 bits per heavy atom. The second-order valence-electron chi connectivity index (χ2n) is 3.82. The maximum Gasteiger partial charge on any atom is 0.409 e.